The van der Waals surface area contributed by atoms with Crippen molar-refractivity contribution in [2.75, 3.05) is 7.11 Å². The van der Waals surface area contributed by atoms with Crippen LogP contribution in [0.5, 0.6) is 5.75 Å². The molecule has 2 aromatic rings. The molecule has 1 aliphatic rings. The third-order valence-electron chi connectivity index (χ3n) is 4.30. The number of hydrogen-bond donors (Lipinski definition) is 3. The number of nitrogens with one attached hydrogen (secondary N) is 2. The second-order valence-corrected chi connectivity index (χ2v) is 5.91. The minimum absolute atomic E-state index is 0.0539. The van der Waals surface area contributed by atoms with Crippen LogP contribution in [0, 0.1) is 5.92 Å². The molecule has 126 valence electrons. The summed E-state index contributed by atoms with van der Waals surface area (Å²) in [4.78, 5) is 30.9. The Hall–Kier alpha value is -2.67. The first-order chi connectivity index (χ1) is 11.6. The highest BCUT2D eigenvalue weighted by molar-refractivity contribution is 5.94. The van der Waals surface area contributed by atoms with E-state index in [0.717, 1.165) is 5.56 Å². The Kier molecular flexibility index (Phi) is 4.61. The maximum atomic E-state index is 12.5. The van der Waals surface area contributed by atoms with E-state index >= 15 is 0 Å². The van der Waals surface area contributed by atoms with E-state index in [2.05, 4.69) is 15.3 Å². The Morgan fingerprint density at radius 2 is 2.25 bits per heavy atom. The van der Waals surface area contributed by atoms with Crippen LogP contribution in [0.1, 0.15) is 34.8 Å². The zero-order valence-electron chi connectivity index (χ0n) is 13.2. The molecular weight excluding hydrogens is 310 g/mol. The number of carbonyl (C=O) groups excluding carboxylic acids is 1. The predicted octanol–water partition coefficient (Wildman–Crippen LogP) is 1.02. The average molecular weight is 329 g/mol. The summed E-state index contributed by atoms with van der Waals surface area (Å²) in [5.41, 5.74) is 0.399. The van der Waals surface area contributed by atoms with Crippen LogP contribution in [0.4, 0.5) is 0 Å². The predicted molar refractivity (Wildman–Crippen MR) is 86.8 cm³/mol. The molecule has 24 heavy (non-hydrogen) atoms. The fraction of sp³-hybridized carbons (Fsp3) is 0.353. The van der Waals surface area contributed by atoms with Crippen molar-refractivity contribution < 1.29 is 14.6 Å². The molecule has 2 heterocycles. The molecule has 7 heteroatoms. The molecule has 3 rings (SSSR count). The highest BCUT2D eigenvalue weighted by Crippen LogP contribution is 2.38. The van der Waals surface area contributed by atoms with Crippen molar-refractivity contribution >= 4 is 5.91 Å². The van der Waals surface area contributed by atoms with Gasteiger partial charge in [0.1, 0.15) is 11.3 Å². The van der Waals surface area contributed by atoms with Crippen LogP contribution < -0.4 is 15.6 Å². The van der Waals surface area contributed by atoms with Gasteiger partial charge in [-0.3, -0.25) is 14.6 Å². The summed E-state index contributed by atoms with van der Waals surface area (Å²) in [5.74, 6) is 0.218. The summed E-state index contributed by atoms with van der Waals surface area (Å²) in [7, 11) is 1.55. The minimum atomic E-state index is -0.453. The lowest BCUT2D eigenvalue weighted by Crippen LogP contribution is -2.42. The van der Waals surface area contributed by atoms with Crippen molar-refractivity contribution in [3.8, 4) is 5.75 Å². The molecular formula is C17H19N3O4. The molecule has 3 N–H and O–H groups in total. The van der Waals surface area contributed by atoms with Gasteiger partial charge in [-0.25, -0.2) is 0 Å². The van der Waals surface area contributed by atoms with Gasteiger partial charge < -0.3 is 20.1 Å². The van der Waals surface area contributed by atoms with Gasteiger partial charge in [-0.1, -0.05) is 0 Å². The van der Waals surface area contributed by atoms with Gasteiger partial charge in [0.2, 0.25) is 0 Å². The molecule has 0 unspecified atom stereocenters. The smallest absolute Gasteiger partial charge is 0.260 e. The largest absolute Gasteiger partial charge is 0.495 e. The van der Waals surface area contributed by atoms with E-state index in [1.807, 2.05) is 0 Å². The molecule has 0 aromatic carbocycles. The van der Waals surface area contributed by atoms with Crippen LogP contribution in [-0.2, 0) is 0 Å². The fourth-order valence-corrected chi connectivity index (χ4v) is 2.91. The summed E-state index contributed by atoms with van der Waals surface area (Å²) in [6.45, 7) is 0. The summed E-state index contributed by atoms with van der Waals surface area (Å²) < 4.78 is 5.19. The van der Waals surface area contributed by atoms with E-state index < -0.39 is 11.5 Å². The van der Waals surface area contributed by atoms with Crippen molar-refractivity contribution in [1.82, 2.24) is 15.3 Å². The molecule has 0 saturated heterocycles. The fourth-order valence-electron chi connectivity index (χ4n) is 2.91. The summed E-state index contributed by atoms with van der Waals surface area (Å²) >= 11 is 0. The van der Waals surface area contributed by atoms with Gasteiger partial charge in [0, 0.05) is 12.4 Å². The quantitative estimate of drug-likeness (QED) is 0.760. The first-order valence-corrected chi connectivity index (χ1v) is 7.74. The summed E-state index contributed by atoms with van der Waals surface area (Å²) in [6.07, 6.45) is 5.55. The van der Waals surface area contributed by atoms with E-state index in [1.165, 1.54) is 12.3 Å². The normalized spacial score (nSPS) is 20.8. The van der Waals surface area contributed by atoms with Gasteiger partial charge in [0.25, 0.3) is 11.5 Å². The number of rotatable bonds is 5. The van der Waals surface area contributed by atoms with Crippen molar-refractivity contribution in [2.45, 2.75) is 25.0 Å². The third-order valence-corrected chi connectivity index (χ3v) is 4.30. The molecule has 0 aliphatic heterocycles. The van der Waals surface area contributed by atoms with Crippen LogP contribution in [0.15, 0.2) is 41.6 Å². The number of ether oxygens (including phenoxy) is 1. The maximum Gasteiger partial charge on any atom is 0.260 e. The minimum Gasteiger partial charge on any atom is -0.495 e. The first-order valence-electron chi connectivity index (χ1n) is 7.74. The number of aromatic nitrogens is 2. The SMILES string of the molecule is COc1cncc([C@H](NC(=O)c2ccc[nH]c2=O)C2CC(O)C2)c1. The lowest BCUT2D eigenvalue weighted by molar-refractivity contribution is 0.0234. The second-order valence-electron chi connectivity index (χ2n) is 5.91. The Balaban J connectivity index is 1.86. The zero-order valence-corrected chi connectivity index (χ0v) is 13.2. The van der Waals surface area contributed by atoms with Crippen molar-refractivity contribution in [2.24, 2.45) is 5.92 Å². The van der Waals surface area contributed by atoms with E-state index in [4.69, 9.17) is 4.74 Å². The highest BCUT2D eigenvalue weighted by Gasteiger charge is 2.36. The zero-order chi connectivity index (χ0) is 17.1. The number of hydrogen-bond acceptors (Lipinski definition) is 5. The molecule has 7 nitrogen and oxygen atoms in total. The second kappa shape index (κ2) is 6.84. The van der Waals surface area contributed by atoms with Crippen molar-refractivity contribution in [3.05, 3.63) is 58.3 Å². The summed E-state index contributed by atoms with van der Waals surface area (Å²) in [6, 6.07) is 4.54. The molecule has 1 saturated carbocycles. The van der Waals surface area contributed by atoms with Crippen LogP contribution in [0.25, 0.3) is 0 Å². The molecule has 2 aromatic heterocycles. The molecule has 0 spiro atoms. The number of aromatic amines is 1. The number of aliphatic hydroxyl groups excluding tert-OH is 1. The van der Waals surface area contributed by atoms with E-state index in [-0.39, 0.29) is 23.6 Å². The topological polar surface area (TPSA) is 104 Å². The van der Waals surface area contributed by atoms with Gasteiger partial charge >= 0.3 is 0 Å². The van der Waals surface area contributed by atoms with Crippen LogP contribution in [-0.4, -0.2) is 34.2 Å². The number of pyridine rings is 2. The average Bonchev–Trinajstić information content (AvgIpc) is 2.57. The monoisotopic (exact) mass is 329 g/mol. The van der Waals surface area contributed by atoms with Gasteiger partial charge in [-0.15, -0.1) is 0 Å². The van der Waals surface area contributed by atoms with Gasteiger partial charge in [-0.05, 0) is 42.5 Å². The molecule has 1 atom stereocenters. The Bertz CT molecular complexity index is 783. The maximum absolute atomic E-state index is 12.5. The number of amides is 1. The third kappa shape index (κ3) is 3.30. The lowest BCUT2D eigenvalue weighted by atomic mass is 9.75. The number of nitrogens with zero attached hydrogens (tertiary/aromatic N) is 1. The van der Waals surface area contributed by atoms with Crippen LogP contribution in [0.2, 0.25) is 0 Å². The molecule has 1 aliphatic carbocycles. The molecule has 1 fully saturated rings. The van der Waals surface area contributed by atoms with Crippen molar-refractivity contribution in [3.63, 3.8) is 0 Å². The number of carbonyl (C=O) groups is 1. The van der Waals surface area contributed by atoms with Gasteiger partial charge in [0.15, 0.2) is 0 Å². The van der Waals surface area contributed by atoms with Crippen molar-refractivity contribution in [1.29, 1.82) is 0 Å². The number of aliphatic hydroxyl groups is 1. The summed E-state index contributed by atoms with van der Waals surface area (Å²) in [5, 5.41) is 12.5. The van der Waals surface area contributed by atoms with Crippen LogP contribution >= 0.6 is 0 Å². The molecule has 0 radical (unpaired) electrons. The van der Waals surface area contributed by atoms with Gasteiger partial charge in [0.05, 0.1) is 25.5 Å². The molecule has 0 bridgehead atoms. The lowest BCUT2D eigenvalue weighted by Gasteiger charge is -2.38. The van der Waals surface area contributed by atoms with Crippen LogP contribution in [0.3, 0.4) is 0 Å². The van der Waals surface area contributed by atoms with E-state index in [9.17, 15) is 14.7 Å². The Morgan fingerprint density at radius 1 is 1.46 bits per heavy atom. The molecule has 1 amide bonds. The highest BCUT2D eigenvalue weighted by atomic mass is 16.5. The van der Waals surface area contributed by atoms with Gasteiger partial charge in [-0.2, -0.15) is 0 Å². The number of methoxy groups -OCH3 is 1. The van der Waals surface area contributed by atoms with E-state index in [0.29, 0.717) is 18.6 Å². The Morgan fingerprint density at radius 3 is 2.92 bits per heavy atom. The standard InChI is InChI=1S/C17H19N3O4/c1-24-13-7-11(8-18-9-13)15(10-5-12(21)6-10)20-17(23)14-3-2-4-19-16(14)22/h2-4,7-10,12,15,21H,5-6H2,1H3,(H,19,22)(H,20,23)/t10?,12?,15-/m1/s1. The first kappa shape index (κ1) is 16.2. The Labute approximate surface area is 138 Å². The number of H-pyrrole nitrogens is 1. The van der Waals surface area contributed by atoms with E-state index in [1.54, 1.807) is 31.6 Å².